The summed E-state index contributed by atoms with van der Waals surface area (Å²) in [5.74, 6) is 0.883. The number of thioether (sulfide) groups is 1. The van der Waals surface area contributed by atoms with Crippen LogP contribution >= 0.6 is 11.8 Å². The summed E-state index contributed by atoms with van der Waals surface area (Å²) in [6.45, 7) is 1.84. The van der Waals surface area contributed by atoms with Crippen molar-refractivity contribution in [1.82, 2.24) is 24.0 Å². The number of aromatic nitrogens is 5. The van der Waals surface area contributed by atoms with Gasteiger partial charge in [-0.15, -0.1) is 10.2 Å². The van der Waals surface area contributed by atoms with Crippen LogP contribution in [0.2, 0.25) is 0 Å². The van der Waals surface area contributed by atoms with E-state index in [2.05, 4.69) is 15.3 Å². The van der Waals surface area contributed by atoms with E-state index in [-0.39, 0.29) is 17.7 Å². The Morgan fingerprint density at radius 1 is 1.18 bits per heavy atom. The van der Waals surface area contributed by atoms with Crippen molar-refractivity contribution >= 4 is 29.5 Å². The van der Waals surface area contributed by atoms with Crippen LogP contribution in [0.25, 0.3) is 17.5 Å². The summed E-state index contributed by atoms with van der Waals surface area (Å²) in [6, 6.07) is 7.27. The molecule has 3 aromatic rings. The molecule has 11 nitrogen and oxygen atoms in total. The number of carbonyl (C=O) groups is 1. The van der Waals surface area contributed by atoms with Crippen molar-refractivity contribution in [3.8, 4) is 17.1 Å². The van der Waals surface area contributed by atoms with Crippen molar-refractivity contribution in [3.05, 3.63) is 62.4 Å². The van der Waals surface area contributed by atoms with E-state index in [1.54, 1.807) is 30.8 Å². The second-order valence-electron chi connectivity index (χ2n) is 7.30. The molecule has 0 aliphatic carbocycles. The summed E-state index contributed by atoms with van der Waals surface area (Å²) < 4.78 is 14.2. The second-order valence-corrected chi connectivity index (χ2v) is 8.24. The van der Waals surface area contributed by atoms with Gasteiger partial charge in [0, 0.05) is 31.6 Å². The lowest BCUT2D eigenvalue weighted by atomic mass is 10.1. The van der Waals surface area contributed by atoms with E-state index in [1.165, 1.54) is 42.7 Å². The molecule has 0 atom stereocenters. The number of ether oxygens (including phenoxy) is 2. The lowest BCUT2D eigenvalue weighted by Gasteiger charge is -2.16. The topological polar surface area (TPSA) is 123 Å². The fraction of sp³-hybridized carbons (Fsp3) is 0.273. The molecule has 0 saturated heterocycles. The van der Waals surface area contributed by atoms with Gasteiger partial charge in [0.05, 0.1) is 30.6 Å². The smallest absolute Gasteiger partial charge is 0.340 e. The van der Waals surface area contributed by atoms with Gasteiger partial charge in [0.1, 0.15) is 5.75 Å². The maximum Gasteiger partial charge on any atom is 0.340 e. The zero-order valence-corrected chi connectivity index (χ0v) is 19.8. The molecule has 0 saturated carbocycles. The van der Waals surface area contributed by atoms with Crippen molar-refractivity contribution in [2.45, 2.75) is 12.1 Å². The second kappa shape index (κ2) is 9.51. The summed E-state index contributed by atoms with van der Waals surface area (Å²) in [4.78, 5) is 37.6. The molecule has 34 heavy (non-hydrogen) atoms. The van der Waals surface area contributed by atoms with E-state index < -0.39 is 17.2 Å². The minimum atomic E-state index is -0.625. The lowest BCUT2D eigenvalue weighted by Crippen LogP contribution is -2.37. The molecule has 1 aliphatic heterocycles. The Balaban J connectivity index is 1.83. The van der Waals surface area contributed by atoms with Crippen molar-refractivity contribution < 1.29 is 14.3 Å². The summed E-state index contributed by atoms with van der Waals surface area (Å²) >= 11 is 1.35. The maximum absolute atomic E-state index is 12.9. The third-order valence-electron chi connectivity index (χ3n) is 5.10. The molecule has 1 aliphatic rings. The summed E-state index contributed by atoms with van der Waals surface area (Å²) in [5, 5.41) is 13.6. The molecule has 4 rings (SSSR count). The van der Waals surface area contributed by atoms with Gasteiger partial charge in [0.15, 0.2) is 5.82 Å². The van der Waals surface area contributed by atoms with Gasteiger partial charge in [-0.3, -0.25) is 9.36 Å². The molecule has 1 aromatic carbocycles. The Labute approximate surface area is 198 Å². The van der Waals surface area contributed by atoms with Crippen LogP contribution in [0, 0.1) is 0 Å². The fourth-order valence-corrected chi connectivity index (χ4v) is 4.17. The van der Waals surface area contributed by atoms with Gasteiger partial charge in [-0.2, -0.15) is 9.78 Å². The number of esters is 1. The first kappa shape index (κ1) is 23.2. The highest BCUT2D eigenvalue weighted by atomic mass is 32.2. The number of carbonyl (C=O) groups excluding carboxylic acids is 1. The number of methoxy groups -OCH3 is 1. The third-order valence-corrected chi connectivity index (χ3v) is 6.03. The lowest BCUT2D eigenvalue weighted by molar-refractivity contribution is -0.137. The monoisotopic (exact) mass is 482 g/mol. The molecule has 0 radical (unpaired) electrons. The van der Waals surface area contributed by atoms with Crippen LogP contribution in [-0.4, -0.2) is 55.2 Å². The molecule has 0 fully saturated rings. The highest BCUT2D eigenvalue weighted by Crippen LogP contribution is 2.29. The van der Waals surface area contributed by atoms with E-state index in [4.69, 9.17) is 9.47 Å². The van der Waals surface area contributed by atoms with Crippen LogP contribution in [-0.2, 0) is 23.6 Å². The Morgan fingerprint density at radius 2 is 1.91 bits per heavy atom. The Bertz CT molecular complexity index is 1430. The standard InChI is InChI=1S/C22H22N6O5S/c1-5-33-20(30)16(10-14-11-26(2)22(31)27(3)19(14)29)17-12-34-21-24-23-18(28(21)25-17)13-6-8-15(32-4)9-7-13/h6-11H,5,12H2,1-4H3/b16-10-. The van der Waals surface area contributed by atoms with Crippen molar-refractivity contribution in [3.63, 3.8) is 0 Å². The first-order chi connectivity index (χ1) is 16.3. The van der Waals surface area contributed by atoms with Gasteiger partial charge >= 0.3 is 11.7 Å². The van der Waals surface area contributed by atoms with Crippen molar-refractivity contribution in [1.29, 1.82) is 0 Å². The van der Waals surface area contributed by atoms with Crippen LogP contribution in [0.1, 0.15) is 12.5 Å². The number of fused-ring (bicyclic) bond motifs is 1. The van der Waals surface area contributed by atoms with E-state index in [0.29, 0.717) is 28.2 Å². The number of hydrogen-bond donors (Lipinski definition) is 0. The molecular weight excluding hydrogens is 460 g/mol. The number of aryl methyl sites for hydroxylation is 1. The van der Waals surface area contributed by atoms with Gasteiger partial charge in [0.2, 0.25) is 5.16 Å². The summed E-state index contributed by atoms with van der Waals surface area (Å²) in [6.07, 6.45) is 2.79. The largest absolute Gasteiger partial charge is 0.497 e. The van der Waals surface area contributed by atoms with Crippen LogP contribution < -0.4 is 16.0 Å². The van der Waals surface area contributed by atoms with Crippen LogP contribution in [0.15, 0.2) is 55.9 Å². The highest BCUT2D eigenvalue weighted by Gasteiger charge is 2.26. The quantitative estimate of drug-likeness (QED) is 0.381. The van der Waals surface area contributed by atoms with Crippen LogP contribution in [0.3, 0.4) is 0 Å². The minimum absolute atomic E-state index is 0.116. The normalized spacial score (nSPS) is 13.3. The van der Waals surface area contributed by atoms with E-state index in [1.807, 2.05) is 12.1 Å². The molecule has 0 amide bonds. The van der Waals surface area contributed by atoms with Gasteiger partial charge in [-0.1, -0.05) is 11.8 Å². The fourth-order valence-electron chi connectivity index (χ4n) is 3.34. The first-order valence-electron chi connectivity index (χ1n) is 10.3. The molecule has 12 heteroatoms. The summed E-state index contributed by atoms with van der Waals surface area (Å²) in [7, 11) is 4.49. The van der Waals surface area contributed by atoms with Crippen molar-refractivity contribution in [2.75, 3.05) is 19.5 Å². The van der Waals surface area contributed by atoms with Gasteiger partial charge in [-0.05, 0) is 37.3 Å². The average molecular weight is 483 g/mol. The van der Waals surface area contributed by atoms with Crippen LogP contribution in [0.5, 0.6) is 5.75 Å². The van der Waals surface area contributed by atoms with E-state index in [0.717, 1.165) is 10.1 Å². The number of nitrogens with zero attached hydrogens (tertiary/aromatic N) is 6. The molecular formula is C22H22N6O5S. The molecule has 176 valence electrons. The number of rotatable bonds is 6. The maximum atomic E-state index is 12.9. The Morgan fingerprint density at radius 3 is 2.59 bits per heavy atom. The average Bonchev–Trinajstić information content (AvgIpc) is 3.27. The zero-order valence-electron chi connectivity index (χ0n) is 19.0. The Kier molecular flexibility index (Phi) is 6.50. The third kappa shape index (κ3) is 4.31. The molecule has 0 spiro atoms. The Hall–Kier alpha value is -3.93. The SMILES string of the molecule is CCOC(=O)/C(=C\c1cn(C)c(=O)n(C)c1=O)C1=Nn2c(nnc2-c2ccc(OC)cc2)SC1. The van der Waals surface area contributed by atoms with Gasteiger partial charge in [0.25, 0.3) is 5.56 Å². The van der Waals surface area contributed by atoms with E-state index >= 15 is 0 Å². The van der Waals surface area contributed by atoms with E-state index in [9.17, 15) is 14.4 Å². The molecule has 2 aromatic heterocycles. The minimum Gasteiger partial charge on any atom is -0.497 e. The highest BCUT2D eigenvalue weighted by molar-refractivity contribution is 7.99. The molecule has 0 N–H and O–H groups in total. The molecule has 3 heterocycles. The van der Waals surface area contributed by atoms with Gasteiger partial charge in [-0.25, -0.2) is 9.59 Å². The molecule has 0 bridgehead atoms. The zero-order chi connectivity index (χ0) is 24.4. The predicted octanol–water partition coefficient (Wildman–Crippen LogP) is 1.31. The first-order valence-corrected chi connectivity index (χ1v) is 11.3. The number of benzene rings is 1. The van der Waals surface area contributed by atoms with Crippen LogP contribution in [0.4, 0.5) is 0 Å². The number of hydrogen-bond acceptors (Lipinski definition) is 9. The van der Waals surface area contributed by atoms with Crippen molar-refractivity contribution in [2.24, 2.45) is 19.2 Å². The molecule has 0 unspecified atom stereocenters. The van der Waals surface area contributed by atoms with Gasteiger partial charge < -0.3 is 14.0 Å². The summed E-state index contributed by atoms with van der Waals surface area (Å²) in [5.41, 5.74) is 0.428. The predicted molar refractivity (Wildman–Crippen MR) is 127 cm³/mol.